The molecule has 2 aromatic carbocycles. The van der Waals surface area contributed by atoms with E-state index in [1.54, 1.807) is 48.5 Å². The zero-order valence-corrected chi connectivity index (χ0v) is 13.2. The molecule has 0 unspecified atom stereocenters. The Balaban J connectivity index is 1.79. The number of benzene rings is 2. The van der Waals surface area contributed by atoms with Crippen molar-refractivity contribution in [3.8, 4) is 11.5 Å². The van der Waals surface area contributed by atoms with E-state index in [2.05, 4.69) is 0 Å². The van der Waals surface area contributed by atoms with E-state index in [0.717, 1.165) is 5.56 Å². The number of carboxylic acids is 1. The van der Waals surface area contributed by atoms with Gasteiger partial charge in [-0.15, -0.1) is 0 Å². The van der Waals surface area contributed by atoms with Crippen LogP contribution in [0.25, 0.3) is 6.08 Å². The fourth-order valence-corrected chi connectivity index (χ4v) is 2.49. The summed E-state index contributed by atoms with van der Waals surface area (Å²) in [5, 5.41) is 9.06. The zero-order chi connectivity index (χ0) is 17.1. The summed E-state index contributed by atoms with van der Waals surface area (Å²) < 4.78 is 10.7. The topological polar surface area (TPSA) is 72.8 Å². The van der Waals surface area contributed by atoms with Gasteiger partial charge in [-0.3, -0.25) is 4.79 Å². The molecule has 5 nitrogen and oxygen atoms in total. The van der Waals surface area contributed by atoms with Gasteiger partial charge in [0, 0.05) is 10.6 Å². The van der Waals surface area contributed by atoms with Gasteiger partial charge >= 0.3 is 5.97 Å². The van der Waals surface area contributed by atoms with E-state index in [0.29, 0.717) is 27.7 Å². The van der Waals surface area contributed by atoms with Crippen molar-refractivity contribution in [3.05, 3.63) is 64.2 Å². The van der Waals surface area contributed by atoms with Gasteiger partial charge in [0.25, 0.3) is 0 Å². The van der Waals surface area contributed by atoms with Gasteiger partial charge in [0.05, 0.1) is 5.56 Å². The predicted octanol–water partition coefficient (Wildman–Crippen LogP) is 3.46. The van der Waals surface area contributed by atoms with Crippen LogP contribution in [-0.2, 0) is 4.79 Å². The van der Waals surface area contributed by atoms with Crippen LogP contribution in [0.4, 0.5) is 0 Å². The van der Waals surface area contributed by atoms with Crippen molar-refractivity contribution in [2.45, 2.75) is 0 Å². The maximum absolute atomic E-state index is 12.5. The second kappa shape index (κ2) is 6.76. The fourth-order valence-electron chi connectivity index (χ4n) is 2.31. The van der Waals surface area contributed by atoms with E-state index in [4.69, 9.17) is 26.2 Å². The molecule has 122 valence electrons. The number of hydrogen-bond acceptors (Lipinski definition) is 4. The lowest BCUT2D eigenvalue weighted by Gasteiger charge is -2.19. The van der Waals surface area contributed by atoms with Crippen LogP contribution in [0, 0.1) is 0 Å². The Kier molecular flexibility index (Phi) is 4.53. The molecule has 0 bridgehead atoms. The molecule has 1 aliphatic rings. The molecule has 0 amide bonds. The van der Waals surface area contributed by atoms with Crippen molar-refractivity contribution < 1.29 is 24.2 Å². The van der Waals surface area contributed by atoms with Crippen LogP contribution in [0.5, 0.6) is 11.5 Å². The Labute approximate surface area is 143 Å². The summed E-state index contributed by atoms with van der Waals surface area (Å²) in [7, 11) is 0. The molecule has 1 aliphatic heterocycles. The number of fused-ring (bicyclic) bond motifs is 1. The molecule has 1 heterocycles. The number of carbonyl (C=O) groups excluding carboxylic acids is 1. The molecular weight excluding hydrogens is 332 g/mol. The minimum Gasteiger partial charge on any atom is -0.488 e. The molecule has 1 N–H and O–H groups in total. The van der Waals surface area contributed by atoms with Gasteiger partial charge in [0.2, 0.25) is 0 Å². The normalized spacial score (nSPS) is 14.9. The molecule has 0 saturated heterocycles. The minimum absolute atomic E-state index is 0.120. The molecule has 0 radical (unpaired) electrons. The van der Waals surface area contributed by atoms with Gasteiger partial charge in [-0.2, -0.15) is 0 Å². The number of hydrogen-bond donors (Lipinski definition) is 1. The number of Topliss-reactive ketones (excluding diaryl/α,β-unsaturated/α-hetero) is 1. The number of ketones is 1. The lowest BCUT2D eigenvalue weighted by molar-refractivity contribution is -0.139. The molecule has 2 aromatic rings. The van der Waals surface area contributed by atoms with Gasteiger partial charge in [-0.1, -0.05) is 23.7 Å². The van der Waals surface area contributed by atoms with Crippen LogP contribution in [-0.4, -0.2) is 30.1 Å². The molecule has 24 heavy (non-hydrogen) atoms. The quantitative estimate of drug-likeness (QED) is 0.860. The molecular formula is C18H13ClO5. The van der Waals surface area contributed by atoms with Crippen LogP contribution >= 0.6 is 11.6 Å². The summed E-state index contributed by atoms with van der Waals surface area (Å²) >= 11 is 5.94. The highest BCUT2D eigenvalue weighted by atomic mass is 35.5. The van der Waals surface area contributed by atoms with Crippen LogP contribution < -0.4 is 9.47 Å². The van der Waals surface area contributed by atoms with Crippen molar-refractivity contribution in [1.29, 1.82) is 0 Å². The second-order valence-electron chi connectivity index (χ2n) is 5.18. The number of rotatable bonds is 4. The SMILES string of the molecule is O=C(O)COc1ccc(/C=C2/COc3ccc(Cl)cc3C2=O)cc1. The van der Waals surface area contributed by atoms with Crippen LogP contribution in [0.15, 0.2) is 48.0 Å². The number of carboxylic acid groups (broad SMARTS) is 1. The van der Waals surface area contributed by atoms with E-state index in [9.17, 15) is 9.59 Å². The zero-order valence-electron chi connectivity index (χ0n) is 12.5. The lowest BCUT2D eigenvalue weighted by Crippen LogP contribution is -2.18. The van der Waals surface area contributed by atoms with E-state index in [-0.39, 0.29) is 12.4 Å². The van der Waals surface area contributed by atoms with Crippen LogP contribution in [0.1, 0.15) is 15.9 Å². The van der Waals surface area contributed by atoms with Crippen LogP contribution in [0.2, 0.25) is 5.02 Å². The Morgan fingerprint density at radius 2 is 2.00 bits per heavy atom. The Morgan fingerprint density at radius 3 is 2.71 bits per heavy atom. The summed E-state index contributed by atoms with van der Waals surface area (Å²) in [6.07, 6.45) is 1.73. The maximum atomic E-state index is 12.5. The first-order valence-corrected chi connectivity index (χ1v) is 7.53. The Bertz CT molecular complexity index is 824. The molecule has 0 aromatic heterocycles. The summed E-state index contributed by atoms with van der Waals surface area (Å²) in [4.78, 5) is 23.0. The monoisotopic (exact) mass is 344 g/mol. The van der Waals surface area contributed by atoms with Gasteiger partial charge in [0.1, 0.15) is 18.1 Å². The molecule has 3 rings (SSSR count). The van der Waals surface area contributed by atoms with Gasteiger partial charge in [-0.05, 0) is 42.0 Å². The third-order valence-electron chi connectivity index (χ3n) is 3.44. The van der Waals surface area contributed by atoms with Gasteiger partial charge < -0.3 is 14.6 Å². The lowest BCUT2D eigenvalue weighted by atomic mass is 9.98. The highest BCUT2D eigenvalue weighted by Crippen LogP contribution is 2.30. The van der Waals surface area contributed by atoms with E-state index in [1.165, 1.54) is 0 Å². The van der Waals surface area contributed by atoms with Gasteiger partial charge in [0.15, 0.2) is 12.4 Å². The average Bonchev–Trinajstić information content (AvgIpc) is 2.57. The summed E-state index contributed by atoms with van der Waals surface area (Å²) in [6, 6.07) is 11.7. The Hall–Kier alpha value is -2.79. The number of ether oxygens (including phenoxy) is 2. The summed E-state index contributed by atoms with van der Waals surface area (Å²) in [6.45, 7) is -0.213. The number of halogens is 1. The number of carbonyl (C=O) groups is 2. The first kappa shape index (κ1) is 16.1. The molecule has 0 saturated carbocycles. The molecule has 0 spiro atoms. The molecule has 0 atom stereocenters. The van der Waals surface area contributed by atoms with E-state index >= 15 is 0 Å². The van der Waals surface area contributed by atoms with Crippen molar-refractivity contribution in [3.63, 3.8) is 0 Å². The van der Waals surface area contributed by atoms with Crippen molar-refractivity contribution >= 4 is 29.4 Å². The van der Waals surface area contributed by atoms with E-state index in [1.807, 2.05) is 0 Å². The van der Waals surface area contributed by atoms with Crippen molar-refractivity contribution in [1.82, 2.24) is 0 Å². The van der Waals surface area contributed by atoms with Gasteiger partial charge in [-0.25, -0.2) is 4.79 Å². The smallest absolute Gasteiger partial charge is 0.341 e. The molecule has 0 aliphatic carbocycles. The highest BCUT2D eigenvalue weighted by molar-refractivity contribution is 6.31. The molecule has 6 heteroatoms. The first-order chi connectivity index (χ1) is 11.5. The minimum atomic E-state index is -1.04. The Morgan fingerprint density at radius 1 is 1.25 bits per heavy atom. The first-order valence-electron chi connectivity index (χ1n) is 7.15. The average molecular weight is 345 g/mol. The second-order valence-corrected chi connectivity index (χ2v) is 5.62. The highest BCUT2D eigenvalue weighted by Gasteiger charge is 2.23. The third-order valence-corrected chi connectivity index (χ3v) is 3.68. The fraction of sp³-hybridized carbons (Fsp3) is 0.111. The third kappa shape index (κ3) is 3.58. The van der Waals surface area contributed by atoms with Crippen molar-refractivity contribution in [2.24, 2.45) is 0 Å². The standard InChI is InChI=1S/C18H13ClO5/c19-13-3-6-16-15(8-13)18(22)12(9-24-16)7-11-1-4-14(5-2-11)23-10-17(20)21/h1-8H,9-10H2,(H,20,21)/b12-7-. The summed E-state index contributed by atoms with van der Waals surface area (Å²) in [5.74, 6) is -0.185. The largest absolute Gasteiger partial charge is 0.488 e. The number of aliphatic carboxylic acids is 1. The maximum Gasteiger partial charge on any atom is 0.341 e. The summed E-state index contributed by atoms with van der Waals surface area (Å²) in [5.41, 5.74) is 1.75. The van der Waals surface area contributed by atoms with Crippen LogP contribution in [0.3, 0.4) is 0 Å². The van der Waals surface area contributed by atoms with Crippen molar-refractivity contribution in [2.75, 3.05) is 13.2 Å². The predicted molar refractivity (Wildman–Crippen MR) is 88.8 cm³/mol. The van der Waals surface area contributed by atoms with E-state index < -0.39 is 12.6 Å². The molecule has 0 fully saturated rings.